The molecule has 1 N–H and O–H groups in total. The minimum Gasteiger partial charge on any atom is -0.496 e. The molecule has 0 heterocycles. The van der Waals surface area contributed by atoms with Gasteiger partial charge in [-0.25, -0.2) is 8.42 Å². The number of para-hydroxylation sites is 1. The number of hydrogen-bond acceptors (Lipinski definition) is 4. The standard InChI is InChI=1S/C22H30N2O4S/c1-7-20(22(25)23-17(4)19-10-8-9-11-21(19)28-5)24(29(6,26)27)18-13-12-15(2)16(3)14-18/h8-14,17,20H,7H2,1-6H3,(H,23,25)/t17-,20+/m0/s1. The first kappa shape index (κ1) is 22.7. The number of methoxy groups -OCH3 is 1. The van der Waals surface area contributed by atoms with Crippen molar-refractivity contribution in [3.63, 3.8) is 0 Å². The van der Waals surface area contributed by atoms with Gasteiger partial charge >= 0.3 is 0 Å². The highest BCUT2D eigenvalue weighted by atomic mass is 32.2. The summed E-state index contributed by atoms with van der Waals surface area (Å²) in [5, 5.41) is 2.95. The van der Waals surface area contributed by atoms with Crippen LogP contribution in [0.1, 0.15) is 43.0 Å². The van der Waals surface area contributed by atoms with Crippen molar-refractivity contribution in [3.8, 4) is 5.75 Å². The molecule has 0 bridgehead atoms. The van der Waals surface area contributed by atoms with E-state index in [9.17, 15) is 13.2 Å². The monoisotopic (exact) mass is 418 g/mol. The molecule has 2 aromatic rings. The summed E-state index contributed by atoms with van der Waals surface area (Å²) in [6, 6.07) is 11.6. The first-order valence-corrected chi connectivity index (χ1v) is 11.4. The van der Waals surface area contributed by atoms with E-state index in [-0.39, 0.29) is 11.9 Å². The highest BCUT2D eigenvalue weighted by molar-refractivity contribution is 7.92. The average Bonchev–Trinajstić information content (AvgIpc) is 2.67. The zero-order valence-corrected chi connectivity index (χ0v) is 18.7. The number of aryl methyl sites for hydroxylation is 2. The fraction of sp³-hybridized carbons (Fsp3) is 0.409. The Kier molecular flexibility index (Phi) is 7.30. The number of nitrogens with one attached hydrogen (secondary N) is 1. The van der Waals surface area contributed by atoms with Crippen LogP contribution in [-0.2, 0) is 14.8 Å². The lowest BCUT2D eigenvalue weighted by Crippen LogP contribution is -2.49. The summed E-state index contributed by atoms with van der Waals surface area (Å²) in [4.78, 5) is 13.1. The van der Waals surface area contributed by atoms with Gasteiger partial charge in [0, 0.05) is 5.56 Å². The van der Waals surface area contributed by atoms with Crippen molar-refractivity contribution in [2.45, 2.75) is 46.2 Å². The van der Waals surface area contributed by atoms with Gasteiger partial charge in [0.25, 0.3) is 0 Å². The number of carbonyl (C=O) groups excluding carboxylic acids is 1. The van der Waals surface area contributed by atoms with Gasteiger partial charge in [0.15, 0.2) is 0 Å². The van der Waals surface area contributed by atoms with Crippen LogP contribution < -0.4 is 14.4 Å². The van der Waals surface area contributed by atoms with Crippen LogP contribution in [0.2, 0.25) is 0 Å². The molecule has 2 atom stereocenters. The lowest BCUT2D eigenvalue weighted by atomic mass is 10.1. The van der Waals surface area contributed by atoms with Gasteiger partial charge in [-0.1, -0.05) is 31.2 Å². The topological polar surface area (TPSA) is 75.7 Å². The fourth-order valence-electron chi connectivity index (χ4n) is 3.33. The third-order valence-corrected chi connectivity index (χ3v) is 6.22. The second-order valence-electron chi connectivity index (χ2n) is 7.22. The Morgan fingerprint density at radius 1 is 1.14 bits per heavy atom. The molecule has 0 aliphatic rings. The van der Waals surface area contributed by atoms with E-state index < -0.39 is 16.1 Å². The maximum Gasteiger partial charge on any atom is 0.244 e. The second-order valence-corrected chi connectivity index (χ2v) is 9.08. The summed E-state index contributed by atoms with van der Waals surface area (Å²) in [6.45, 7) is 7.54. The molecule has 0 aromatic heterocycles. The molecule has 1 amide bonds. The number of carbonyl (C=O) groups is 1. The third kappa shape index (κ3) is 5.29. The Labute approximate surface area is 173 Å². The summed E-state index contributed by atoms with van der Waals surface area (Å²) in [7, 11) is -2.09. The number of nitrogens with zero attached hydrogens (tertiary/aromatic N) is 1. The van der Waals surface area contributed by atoms with E-state index in [0.29, 0.717) is 17.9 Å². The predicted molar refractivity (Wildman–Crippen MR) is 117 cm³/mol. The van der Waals surface area contributed by atoms with Gasteiger partial charge in [0.05, 0.1) is 25.1 Å². The van der Waals surface area contributed by atoms with Gasteiger partial charge in [0.2, 0.25) is 15.9 Å². The minimum atomic E-state index is -3.67. The number of amides is 1. The largest absolute Gasteiger partial charge is 0.496 e. The first-order chi connectivity index (χ1) is 13.6. The number of benzene rings is 2. The minimum absolute atomic E-state index is 0.338. The molecular weight excluding hydrogens is 388 g/mol. The Bertz CT molecular complexity index is 973. The van der Waals surface area contributed by atoms with Gasteiger partial charge in [-0.2, -0.15) is 0 Å². The Morgan fingerprint density at radius 2 is 1.79 bits per heavy atom. The summed E-state index contributed by atoms with van der Waals surface area (Å²) < 4.78 is 31.8. The quantitative estimate of drug-likeness (QED) is 0.709. The molecule has 0 saturated carbocycles. The second kappa shape index (κ2) is 9.31. The van der Waals surface area contributed by atoms with Crippen LogP contribution in [0.25, 0.3) is 0 Å². The normalized spacial score (nSPS) is 13.4. The molecular formula is C22H30N2O4S. The van der Waals surface area contributed by atoms with Crippen LogP contribution in [0.5, 0.6) is 5.75 Å². The molecule has 0 aliphatic heterocycles. The van der Waals surface area contributed by atoms with E-state index in [1.54, 1.807) is 26.2 Å². The SMILES string of the molecule is CC[C@H](C(=O)N[C@@H](C)c1ccccc1OC)N(c1ccc(C)c(C)c1)S(C)(=O)=O. The van der Waals surface area contributed by atoms with Crippen molar-refractivity contribution in [3.05, 3.63) is 59.2 Å². The average molecular weight is 419 g/mol. The van der Waals surface area contributed by atoms with Crippen LogP contribution >= 0.6 is 0 Å². The Hall–Kier alpha value is -2.54. The number of hydrogen-bond donors (Lipinski definition) is 1. The van der Waals surface area contributed by atoms with Gasteiger partial charge in [-0.05, 0) is 56.5 Å². The zero-order chi connectivity index (χ0) is 21.8. The summed E-state index contributed by atoms with van der Waals surface area (Å²) >= 11 is 0. The van der Waals surface area contributed by atoms with E-state index in [2.05, 4.69) is 5.32 Å². The highest BCUT2D eigenvalue weighted by Crippen LogP contribution is 2.27. The smallest absolute Gasteiger partial charge is 0.244 e. The van der Waals surface area contributed by atoms with Gasteiger partial charge in [-0.15, -0.1) is 0 Å². The van der Waals surface area contributed by atoms with E-state index in [0.717, 1.165) is 22.9 Å². The first-order valence-electron chi connectivity index (χ1n) is 9.60. The lowest BCUT2D eigenvalue weighted by molar-refractivity contribution is -0.122. The highest BCUT2D eigenvalue weighted by Gasteiger charge is 2.32. The fourth-order valence-corrected chi connectivity index (χ4v) is 4.54. The van der Waals surface area contributed by atoms with Crippen LogP contribution in [-0.4, -0.2) is 33.7 Å². The molecule has 158 valence electrons. The molecule has 0 unspecified atom stereocenters. The number of anilines is 1. The van der Waals surface area contributed by atoms with Crippen LogP contribution in [0.3, 0.4) is 0 Å². The maximum absolute atomic E-state index is 13.1. The predicted octanol–water partition coefficient (Wildman–Crippen LogP) is 3.73. The molecule has 2 aromatic carbocycles. The summed E-state index contributed by atoms with van der Waals surface area (Å²) in [5.41, 5.74) is 3.34. The zero-order valence-electron chi connectivity index (χ0n) is 17.9. The maximum atomic E-state index is 13.1. The van der Waals surface area contributed by atoms with E-state index in [4.69, 9.17) is 4.74 Å². The number of rotatable bonds is 8. The third-order valence-electron chi connectivity index (χ3n) is 5.04. The summed E-state index contributed by atoms with van der Waals surface area (Å²) in [6.07, 6.45) is 1.46. The molecule has 2 rings (SSSR count). The van der Waals surface area contributed by atoms with Crippen molar-refractivity contribution in [1.29, 1.82) is 0 Å². The van der Waals surface area contributed by atoms with Crippen molar-refractivity contribution in [1.82, 2.24) is 5.32 Å². The van der Waals surface area contributed by atoms with Crippen LogP contribution in [0.4, 0.5) is 5.69 Å². The Balaban J connectivity index is 2.36. The van der Waals surface area contributed by atoms with Gasteiger partial charge < -0.3 is 10.1 Å². The van der Waals surface area contributed by atoms with Crippen molar-refractivity contribution >= 4 is 21.6 Å². The van der Waals surface area contributed by atoms with Gasteiger partial charge in [-0.3, -0.25) is 9.10 Å². The van der Waals surface area contributed by atoms with E-state index >= 15 is 0 Å². The molecule has 0 radical (unpaired) electrons. The lowest BCUT2D eigenvalue weighted by Gasteiger charge is -2.31. The number of sulfonamides is 1. The van der Waals surface area contributed by atoms with Crippen molar-refractivity contribution < 1.29 is 17.9 Å². The van der Waals surface area contributed by atoms with Gasteiger partial charge in [0.1, 0.15) is 11.8 Å². The molecule has 6 nitrogen and oxygen atoms in total. The molecule has 0 fully saturated rings. The molecule has 0 saturated heterocycles. The van der Waals surface area contributed by atoms with E-state index in [1.807, 2.05) is 51.1 Å². The molecule has 0 spiro atoms. The van der Waals surface area contributed by atoms with Crippen molar-refractivity contribution in [2.75, 3.05) is 17.7 Å². The summed E-state index contributed by atoms with van der Waals surface area (Å²) in [5.74, 6) is 0.317. The number of ether oxygens (including phenoxy) is 1. The van der Waals surface area contributed by atoms with E-state index in [1.165, 1.54) is 4.31 Å². The van der Waals surface area contributed by atoms with Crippen molar-refractivity contribution in [2.24, 2.45) is 0 Å². The Morgan fingerprint density at radius 3 is 2.34 bits per heavy atom. The molecule has 29 heavy (non-hydrogen) atoms. The molecule has 0 aliphatic carbocycles. The molecule has 7 heteroatoms. The van der Waals surface area contributed by atoms with Crippen LogP contribution in [0.15, 0.2) is 42.5 Å². The van der Waals surface area contributed by atoms with Crippen LogP contribution in [0, 0.1) is 13.8 Å².